The van der Waals surface area contributed by atoms with Crippen LogP contribution in [-0.4, -0.2) is 52.3 Å². The smallest absolute Gasteiger partial charge is 0.377 e. The number of nitrogens with one attached hydrogen (secondary N) is 1. The Morgan fingerprint density at radius 2 is 1.73 bits per heavy atom. The van der Waals surface area contributed by atoms with Crippen molar-refractivity contribution in [3.63, 3.8) is 0 Å². The third-order valence-corrected chi connectivity index (χ3v) is 7.03. The molecule has 0 unspecified atom stereocenters. The van der Waals surface area contributed by atoms with Crippen LogP contribution in [0.2, 0.25) is 0 Å². The van der Waals surface area contributed by atoms with Crippen molar-refractivity contribution in [2.24, 2.45) is 0 Å². The van der Waals surface area contributed by atoms with Gasteiger partial charge in [0.2, 0.25) is 0 Å². The fraction of sp³-hybridized carbons (Fsp3) is 0.519. The number of carbonyl (C=O) groups excluding carboxylic acids is 2. The zero-order valence-electron chi connectivity index (χ0n) is 21.7. The van der Waals surface area contributed by atoms with Gasteiger partial charge in [0.15, 0.2) is 0 Å². The zero-order valence-corrected chi connectivity index (χ0v) is 21.7. The Hall–Kier alpha value is -3.14. The fourth-order valence-electron chi connectivity index (χ4n) is 4.58. The molecule has 1 saturated heterocycles. The third-order valence-electron chi connectivity index (χ3n) is 7.03. The van der Waals surface area contributed by atoms with E-state index in [1.807, 2.05) is 26.8 Å². The minimum atomic E-state index is -4.33. The molecule has 10 heteroatoms. The first-order valence-corrected chi connectivity index (χ1v) is 12.4. The molecule has 1 saturated carbocycles. The zero-order chi connectivity index (χ0) is 27.2. The van der Waals surface area contributed by atoms with E-state index in [4.69, 9.17) is 4.74 Å². The predicted octanol–water partition coefficient (Wildman–Crippen LogP) is 5.65. The van der Waals surface area contributed by atoms with Crippen molar-refractivity contribution in [3.8, 4) is 0 Å². The van der Waals surface area contributed by atoms with Gasteiger partial charge in [-0.15, -0.1) is 0 Å². The summed E-state index contributed by atoms with van der Waals surface area (Å²) < 4.78 is 46.1. The molecule has 2 aromatic rings. The molecule has 2 heterocycles. The minimum Gasteiger partial charge on any atom is -0.377 e. The van der Waals surface area contributed by atoms with Gasteiger partial charge in [-0.2, -0.15) is 13.2 Å². The number of amides is 3. The molecule has 1 aromatic heterocycles. The summed E-state index contributed by atoms with van der Waals surface area (Å²) in [4.78, 5) is 33.5. The Morgan fingerprint density at radius 3 is 2.30 bits per heavy atom. The van der Waals surface area contributed by atoms with E-state index >= 15 is 0 Å². The van der Waals surface area contributed by atoms with Crippen molar-refractivity contribution in [1.82, 2.24) is 9.88 Å². The van der Waals surface area contributed by atoms with Crippen LogP contribution in [0, 0.1) is 0 Å². The molecule has 37 heavy (non-hydrogen) atoms. The number of hydrogen-bond acceptors (Lipinski definition) is 5. The van der Waals surface area contributed by atoms with E-state index in [2.05, 4.69) is 10.3 Å². The second-order valence-corrected chi connectivity index (χ2v) is 10.7. The predicted molar refractivity (Wildman–Crippen MR) is 134 cm³/mol. The molecule has 4 rings (SSSR count). The third kappa shape index (κ3) is 5.16. The summed E-state index contributed by atoms with van der Waals surface area (Å²) in [5.74, 6) is 0.188. The van der Waals surface area contributed by atoms with E-state index in [1.165, 1.54) is 29.2 Å². The lowest BCUT2D eigenvalue weighted by atomic mass is 9.95. The molecule has 2 fully saturated rings. The quantitative estimate of drug-likeness (QED) is 0.435. The lowest BCUT2D eigenvalue weighted by Crippen LogP contribution is -2.43. The van der Waals surface area contributed by atoms with Crippen LogP contribution in [0.5, 0.6) is 0 Å². The van der Waals surface area contributed by atoms with Gasteiger partial charge in [-0.1, -0.05) is 12.1 Å². The molecule has 1 aromatic carbocycles. The lowest BCUT2D eigenvalue weighted by molar-refractivity contribution is -0.160. The van der Waals surface area contributed by atoms with Crippen LogP contribution in [-0.2, 0) is 21.5 Å². The number of urea groups is 1. The number of rotatable bonds is 9. The summed E-state index contributed by atoms with van der Waals surface area (Å²) in [6.45, 7) is 9.90. The number of pyridine rings is 1. The van der Waals surface area contributed by atoms with Crippen molar-refractivity contribution in [3.05, 3.63) is 53.7 Å². The number of anilines is 2. The molecule has 0 spiro atoms. The summed E-state index contributed by atoms with van der Waals surface area (Å²) in [7, 11) is 0. The molecule has 200 valence electrons. The van der Waals surface area contributed by atoms with Crippen molar-refractivity contribution in [2.45, 2.75) is 83.3 Å². The summed E-state index contributed by atoms with van der Waals surface area (Å²) in [6, 6.07) is 8.68. The molecule has 1 N–H and O–H groups in total. The molecular weight excluding hydrogens is 485 g/mol. The van der Waals surface area contributed by atoms with Gasteiger partial charge < -0.3 is 15.0 Å². The Balaban J connectivity index is 1.50. The van der Waals surface area contributed by atoms with E-state index < -0.39 is 29.1 Å². The Labute approximate surface area is 215 Å². The fourth-order valence-corrected chi connectivity index (χ4v) is 4.58. The largest absolute Gasteiger partial charge is 0.398 e. The molecule has 1 aliphatic carbocycles. The number of nitrogens with zero attached hydrogens (tertiary/aromatic N) is 3. The van der Waals surface area contributed by atoms with E-state index in [-0.39, 0.29) is 42.8 Å². The second kappa shape index (κ2) is 9.63. The van der Waals surface area contributed by atoms with Gasteiger partial charge in [-0.3, -0.25) is 4.79 Å². The standard InChI is InChI=1S/C27H33F3N4O3/c1-17(2)37-16-18(3)32-22-14-19(10-13-31-22)15-33-24(36)34(23(35)25(33,4)5)21-8-6-20(7-9-21)26(11-12-26)27(28,29)30/h6-10,13-14,17-18H,11-12,15-16H2,1-5H3,(H,31,32)/t18-/m0/s1. The van der Waals surface area contributed by atoms with Gasteiger partial charge in [0.1, 0.15) is 11.4 Å². The highest BCUT2D eigenvalue weighted by atomic mass is 19.4. The van der Waals surface area contributed by atoms with Crippen molar-refractivity contribution in [2.75, 3.05) is 16.8 Å². The molecule has 2 aliphatic rings. The number of carbonyl (C=O) groups is 2. The monoisotopic (exact) mass is 518 g/mol. The van der Waals surface area contributed by atoms with Gasteiger partial charge in [-0.05, 0) is 82.9 Å². The lowest BCUT2D eigenvalue weighted by Gasteiger charge is -2.28. The maximum absolute atomic E-state index is 13.5. The number of ether oxygens (including phenoxy) is 1. The summed E-state index contributed by atoms with van der Waals surface area (Å²) in [5, 5.41) is 3.27. The maximum atomic E-state index is 13.5. The van der Waals surface area contributed by atoms with Crippen LogP contribution in [0.1, 0.15) is 58.6 Å². The van der Waals surface area contributed by atoms with Crippen LogP contribution in [0.25, 0.3) is 0 Å². The first kappa shape index (κ1) is 26.9. The average Bonchev–Trinajstić information content (AvgIpc) is 3.61. The number of benzene rings is 1. The molecule has 1 aliphatic heterocycles. The second-order valence-electron chi connectivity index (χ2n) is 10.7. The van der Waals surface area contributed by atoms with Crippen molar-refractivity contribution < 1.29 is 27.5 Å². The average molecular weight is 519 g/mol. The highest BCUT2D eigenvalue weighted by Crippen LogP contribution is 2.59. The van der Waals surface area contributed by atoms with E-state index in [9.17, 15) is 22.8 Å². The number of aromatic nitrogens is 1. The Kier molecular flexibility index (Phi) is 7.00. The Morgan fingerprint density at radius 1 is 1.08 bits per heavy atom. The number of alkyl halides is 3. The van der Waals surface area contributed by atoms with E-state index in [1.54, 1.807) is 26.1 Å². The minimum absolute atomic E-state index is 0.0159. The van der Waals surface area contributed by atoms with E-state index in [0.717, 1.165) is 10.5 Å². The molecule has 0 radical (unpaired) electrons. The molecular formula is C27H33F3N4O3. The normalized spacial score (nSPS) is 19.5. The Bertz CT molecular complexity index is 1160. The van der Waals surface area contributed by atoms with Crippen LogP contribution in [0.15, 0.2) is 42.6 Å². The number of halogens is 3. The van der Waals surface area contributed by atoms with Crippen molar-refractivity contribution in [1.29, 1.82) is 0 Å². The summed E-state index contributed by atoms with van der Waals surface area (Å²) >= 11 is 0. The van der Waals surface area contributed by atoms with Crippen molar-refractivity contribution >= 4 is 23.4 Å². The summed E-state index contributed by atoms with van der Waals surface area (Å²) in [5.41, 5.74) is -1.77. The van der Waals surface area contributed by atoms with Gasteiger partial charge in [0.05, 0.1) is 23.8 Å². The summed E-state index contributed by atoms with van der Waals surface area (Å²) in [6.07, 6.45) is -2.49. The van der Waals surface area contributed by atoms with Gasteiger partial charge >= 0.3 is 12.2 Å². The van der Waals surface area contributed by atoms with Crippen LogP contribution >= 0.6 is 0 Å². The van der Waals surface area contributed by atoms with Gasteiger partial charge in [-0.25, -0.2) is 14.7 Å². The SMILES string of the molecule is CC(C)OC[C@H](C)Nc1cc(CN2C(=O)N(c3ccc(C4(C(F)(F)F)CC4)cc3)C(=O)C2(C)C)ccn1. The van der Waals surface area contributed by atoms with Gasteiger partial charge in [0, 0.05) is 18.8 Å². The first-order chi connectivity index (χ1) is 17.3. The molecule has 0 bridgehead atoms. The van der Waals surface area contributed by atoms with Crippen LogP contribution in [0.3, 0.4) is 0 Å². The topological polar surface area (TPSA) is 74.8 Å². The molecule has 3 amide bonds. The first-order valence-electron chi connectivity index (χ1n) is 12.4. The highest BCUT2D eigenvalue weighted by Gasteiger charge is 2.64. The number of imide groups is 1. The van der Waals surface area contributed by atoms with Crippen LogP contribution < -0.4 is 10.2 Å². The van der Waals surface area contributed by atoms with E-state index in [0.29, 0.717) is 12.4 Å². The van der Waals surface area contributed by atoms with Crippen LogP contribution in [0.4, 0.5) is 29.5 Å². The van der Waals surface area contributed by atoms with Gasteiger partial charge in [0.25, 0.3) is 5.91 Å². The highest BCUT2D eigenvalue weighted by molar-refractivity contribution is 6.22. The number of hydrogen-bond donors (Lipinski definition) is 1. The molecule has 1 atom stereocenters. The maximum Gasteiger partial charge on any atom is 0.398 e. The molecule has 7 nitrogen and oxygen atoms in total.